The number of piperidine rings is 1. The van der Waals surface area contributed by atoms with Gasteiger partial charge in [-0.1, -0.05) is 12.1 Å². The molecule has 0 bridgehead atoms. The van der Waals surface area contributed by atoms with Gasteiger partial charge in [0.05, 0.1) is 18.2 Å². The van der Waals surface area contributed by atoms with E-state index in [0.717, 1.165) is 24.2 Å². The highest BCUT2D eigenvalue weighted by Crippen LogP contribution is 2.21. The Labute approximate surface area is 150 Å². The van der Waals surface area contributed by atoms with Gasteiger partial charge in [-0.05, 0) is 50.8 Å². The van der Waals surface area contributed by atoms with Gasteiger partial charge in [0.1, 0.15) is 12.4 Å². The summed E-state index contributed by atoms with van der Waals surface area (Å²) in [5, 5.41) is 2.86. The van der Waals surface area contributed by atoms with Crippen LogP contribution in [0.4, 0.5) is 0 Å². The summed E-state index contributed by atoms with van der Waals surface area (Å²) in [5.41, 5.74) is 2.27. The van der Waals surface area contributed by atoms with Gasteiger partial charge in [-0.2, -0.15) is 0 Å². The quantitative estimate of drug-likeness (QED) is 0.746. The molecule has 1 atom stereocenters. The van der Waals surface area contributed by atoms with Crippen LogP contribution in [-0.2, 0) is 14.8 Å². The van der Waals surface area contributed by atoms with Gasteiger partial charge in [0, 0.05) is 13.1 Å². The standard InChI is InChI=1S/C18H28N2O4S/c1-4-25(22,23)20-11-6-8-16(13-20)18(21)19-10-12-24-17-9-5-7-14(2)15(17)3/h5,7,9,16H,4,6,8,10-13H2,1-3H3,(H,19,21)/t16-/m0/s1. The minimum absolute atomic E-state index is 0.0744. The average molecular weight is 368 g/mol. The zero-order chi connectivity index (χ0) is 18.4. The summed E-state index contributed by atoms with van der Waals surface area (Å²) < 4.78 is 31.1. The Morgan fingerprint density at radius 1 is 1.36 bits per heavy atom. The summed E-state index contributed by atoms with van der Waals surface area (Å²) in [7, 11) is -3.23. The lowest BCUT2D eigenvalue weighted by molar-refractivity contribution is -0.126. The second kappa shape index (κ2) is 8.67. The maximum atomic E-state index is 12.3. The highest BCUT2D eigenvalue weighted by molar-refractivity contribution is 7.89. The van der Waals surface area contributed by atoms with Crippen LogP contribution in [0, 0.1) is 19.8 Å². The molecule has 0 spiro atoms. The van der Waals surface area contributed by atoms with Gasteiger partial charge in [-0.25, -0.2) is 12.7 Å². The third-order valence-electron chi connectivity index (χ3n) is 4.73. The van der Waals surface area contributed by atoms with Crippen LogP contribution in [0.5, 0.6) is 5.75 Å². The molecule has 1 fully saturated rings. The second-order valence-electron chi connectivity index (χ2n) is 6.44. The Morgan fingerprint density at radius 2 is 2.12 bits per heavy atom. The molecule has 0 saturated carbocycles. The van der Waals surface area contributed by atoms with Crippen molar-refractivity contribution in [1.29, 1.82) is 0 Å². The molecule has 2 rings (SSSR count). The number of carbonyl (C=O) groups is 1. The fraction of sp³-hybridized carbons (Fsp3) is 0.611. The first kappa shape index (κ1) is 19.7. The van der Waals surface area contributed by atoms with Crippen molar-refractivity contribution in [3.05, 3.63) is 29.3 Å². The van der Waals surface area contributed by atoms with Gasteiger partial charge in [0.2, 0.25) is 15.9 Å². The molecule has 0 aromatic heterocycles. The second-order valence-corrected chi connectivity index (χ2v) is 8.69. The van der Waals surface area contributed by atoms with E-state index in [0.29, 0.717) is 19.7 Å². The van der Waals surface area contributed by atoms with E-state index >= 15 is 0 Å². The largest absolute Gasteiger partial charge is 0.491 e. The lowest BCUT2D eigenvalue weighted by Crippen LogP contribution is -2.46. The Balaban J connectivity index is 1.79. The van der Waals surface area contributed by atoms with Crippen LogP contribution in [0.3, 0.4) is 0 Å². The number of benzene rings is 1. The molecule has 1 aromatic rings. The molecular weight excluding hydrogens is 340 g/mol. The van der Waals surface area contributed by atoms with Gasteiger partial charge >= 0.3 is 0 Å². The molecule has 1 amide bonds. The monoisotopic (exact) mass is 368 g/mol. The van der Waals surface area contributed by atoms with Crippen LogP contribution in [0.15, 0.2) is 18.2 Å². The molecule has 1 N–H and O–H groups in total. The zero-order valence-electron chi connectivity index (χ0n) is 15.2. The van der Waals surface area contributed by atoms with Crippen molar-refractivity contribution in [2.24, 2.45) is 5.92 Å². The predicted molar refractivity (Wildman–Crippen MR) is 98.2 cm³/mol. The summed E-state index contributed by atoms with van der Waals surface area (Å²) >= 11 is 0. The Morgan fingerprint density at radius 3 is 2.84 bits per heavy atom. The molecule has 1 aliphatic rings. The van der Waals surface area contributed by atoms with Gasteiger partial charge in [-0.15, -0.1) is 0 Å². The molecule has 25 heavy (non-hydrogen) atoms. The van der Waals surface area contributed by atoms with Gasteiger partial charge in [-0.3, -0.25) is 4.79 Å². The molecule has 0 aliphatic carbocycles. The smallest absolute Gasteiger partial charge is 0.224 e. The maximum Gasteiger partial charge on any atom is 0.224 e. The average Bonchev–Trinajstić information content (AvgIpc) is 2.62. The molecular formula is C18H28N2O4S. The van der Waals surface area contributed by atoms with Crippen molar-refractivity contribution in [3.8, 4) is 5.75 Å². The molecule has 1 aliphatic heterocycles. The topological polar surface area (TPSA) is 75.7 Å². The number of carbonyl (C=O) groups excluding carboxylic acids is 1. The number of aryl methyl sites for hydroxylation is 1. The van der Waals surface area contributed by atoms with Crippen molar-refractivity contribution in [1.82, 2.24) is 9.62 Å². The predicted octanol–water partition coefficient (Wildman–Crippen LogP) is 1.86. The molecule has 1 heterocycles. The van der Waals surface area contributed by atoms with Gasteiger partial charge in [0.15, 0.2) is 0 Å². The van der Waals surface area contributed by atoms with E-state index in [1.54, 1.807) is 6.92 Å². The third kappa shape index (κ3) is 5.19. The van der Waals surface area contributed by atoms with Crippen LogP contribution in [0.1, 0.15) is 30.9 Å². The lowest BCUT2D eigenvalue weighted by atomic mass is 9.99. The number of nitrogens with zero attached hydrogens (tertiary/aromatic N) is 1. The van der Waals surface area contributed by atoms with Gasteiger partial charge < -0.3 is 10.1 Å². The van der Waals surface area contributed by atoms with Crippen molar-refractivity contribution >= 4 is 15.9 Å². The summed E-state index contributed by atoms with van der Waals surface area (Å²) in [4.78, 5) is 12.3. The first-order chi connectivity index (χ1) is 11.8. The minimum atomic E-state index is -3.23. The Bertz CT molecular complexity index is 703. The number of sulfonamides is 1. The van der Waals surface area contributed by atoms with Crippen molar-refractivity contribution in [2.75, 3.05) is 32.0 Å². The summed E-state index contributed by atoms with van der Waals surface area (Å²) in [6.45, 7) is 7.25. The summed E-state index contributed by atoms with van der Waals surface area (Å²) in [6, 6.07) is 5.89. The molecule has 6 nitrogen and oxygen atoms in total. The number of hydrogen-bond donors (Lipinski definition) is 1. The molecule has 7 heteroatoms. The number of nitrogens with one attached hydrogen (secondary N) is 1. The summed E-state index contributed by atoms with van der Waals surface area (Å²) in [5.74, 6) is 0.522. The lowest BCUT2D eigenvalue weighted by Gasteiger charge is -2.30. The Hall–Kier alpha value is -1.60. The van der Waals surface area contributed by atoms with Crippen LogP contribution in [-0.4, -0.2) is 50.6 Å². The van der Waals surface area contributed by atoms with Crippen LogP contribution in [0.25, 0.3) is 0 Å². The maximum absolute atomic E-state index is 12.3. The number of amides is 1. The van der Waals surface area contributed by atoms with E-state index < -0.39 is 10.0 Å². The minimum Gasteiger partial charge on any atom is -0.491 e. The van der Waals surface area contributed by atoms with Crippen LogP contribution >= 0.6 is 0 Å². The molecule has 0 unspecified atom stereocenters. The van der Waals surface area contributed by atoms with Crippen LogP contribution in [0.2, 0.25) is 0 Å². The highest BCUT2D eigenvalue weighted by atomic mass is 32.2. The van der Waals surface area contributed by atoms with E-state index in [1.807, 2.05) is 32.0 Å². The number of ether oxygens (including phenoxy) is 1. The first-order valence-corrected chi connectivity index (χ1v) is 10.4. The van der Waals surface area contributed by atoms with E-state index in [4.69, 9.17) is 4.74 Å². The molecule has 1 saturated heterocycles. The molecule has 0 radical (unpaired) electrons. The van der Waals surface area contributed by atoms with E-state index in [2.05, 4.69) is 5.32 Å². The zero-order valence-corrected chi connectivity index (χ0v) is 16.1. The fourth-order valence-corrected chi connectivity index (χ4v) is 4.13. The van der Waals surface area contributed by atoms with E-state index in [9.17, 15) is 13.2 Å². The fourth-order valence-electron chi connectivity index (χ4n) is 2.95. The SMILES string of the molecule is CCS(=O)(=O)N1CCC[C@H](C(=O)NCCOc2cccc(C)c2C)C1. The van der Waals surface area contributed by atoms with Crippen molar-refractivity contribution in [3.63, 3.8) is 0 Å². The first-order valence-electron chi connectivity index (χ1n) is 8.79. The van der Waals surface area contributed by atoms with Crippen LogP contribution < -0.4 is 10.1 Å². The van der Waals surface area contributed by atoms with Gasteiger partial charge in [0.25, 0.3) is 0 Å². The third-order valence-corrected chi connectivity index (χ3v) is 6.57. The number of rotatable bonds is 7. The molecule has 140 valence electrons. The summed E-state index contributed by atoms with van der Waals surface area (Å²) in [6.07, 6.45) is 1.44. The molecule has 1 aromatic carbocycles. The number of hydrogen-bond acceptors (Lipinski definition) is 4. The Kier molecular flexibility index (Phi) is 6.84. The van der Waals surface area contributed by atoms with E-state index in [-0.39, 0.29) is 24.1 Å². The van der Waals surface area contributed by atoms with Crippen molar-refractivity contribution < 1.29 is 17.9 Å². The van der Waals surface area contributed by atoms with E-state index in [1.165, 1.54) is 9.87 Å². The normalized spacial score (nSPS) is 18.8. The van der Waals surface area contributed by atoms with Crippen molar-refractivity contribution in [2.45, 2.75) is 33.6 Å². The highest BCUT2D eigenvalue weighted by Gasteiger charge is 2.31.